The molecule has 0 fully saturated rings. The molecule has 504 valence electrons. The van der Waals surface area contributed by atoms with Gasteiger partial charge in [-0.05, 0) is 116 Å². The summed E-state index contributed by atoms with van der Waals surface area (Å²) in [7, 11) is 1.13. The minimum absolute atomic E-state index is 0.0453. The summed E-state index contributed by atoms with van der Waals surface area (Å²) in [6.45, 7) is 4.07. The molecule has 2 unspecified atom stereocenters. The van der Waals surface area contributed by atoms with Crippen molar-refractivity contribution in [1.82, 2.24) is 0 Å². The summed E-state index contributed by atoms with van der Waals surface area (Å²) in [5.41, 5.74) is 0. The smallest absolute Gasteiger partial charge is 0.306 e. The van der Waals surface area contributed by atoms with Crippen LogP contribution in [0.2, 0.25) is 0 Å². The molecule has 10 heteroatoms. The number of carbonyl (C=O) groups excluding carboxylic acids is 2. The lowest BCUT2D eigenvalue weighted by atomic mass is 10.0. The first kappa shape index (κ1) is 84.2. The number of nitrogens with zero attached hydrogens (tertiary/aromatic N) is 1. The van der Waals surface area contributed by atoms with Gasteiger partial charge >= 0.3 is 11.9 Å². The average Bonchev–Trinajstić information content (AvgIpc) is 3.60. The molecule has 0 aromatic heterocycles. The Morgan fingerprint density at radius 2 is 0.648 bits per heavy atom. The fraction of sp³-hybridized carbons (Fsp3) is 0.692. The molecule has 0 heterocycles. The van der Waals surface area contributed by atoms with E-state index in [9.17, 15) is 19.0 Å². The minimum Gasteiger partial charge on any atom is -0.756 e. The van der Waals surface area contributed by atoms with Gasteiger partial charge in [0.1, 0.15) is 19.8 Å². The molecule has 0 amide bonds. The third-order valence-corrected chi connectivity index (χ3v) is 16.1. The summed E-state index contributed by atoms with van der Waals surface area (Å²) in [6.07, 6.45) is 98.4. The van der Waals surface area contributed by atoms with Gasteiger partial charge < -0.3 is 27.9 Å². The number of phosphoric acid groups is 1. The van der Waals surface area contributed by atoms with Gasteiger partial charge in [0.05, 0.1) is 27.7 Å². The predicted molar refractivity (Wildman–Crippen MR) is 378 cm³/mol. The number of ether oxygens (including phenoxy) is 2. The van der Waals surface area contributed by atoms with E-state index in [1.807, 2.05) is 21.1 Å². The number of likely N-dealkylation sites (N-methyl/N-ethyl adjacent to an activating group) is 1. The fourth-order valence-corrected chi connectivity index (χ4v) is 10.4. The monoisotopic (exact) mass is 1240 g/mol. The van der Waals surface area contributed by atoms with Crippen LogP contribution in [0.1, 0.15) is 296 Å². The first-order valence-corrected chi connectivity index (χ1v) is 37.4. The van der Waals surface area contributed by atoms with Crippen molar-refractivity contribution in [2.24, 2.45) is 0 Å². The Bertz CT molecular complexity index is 1950. The zero-order chi connectivity index (χ0) is 64.1. The standard InChI is InChI=1S/C78H134NO8P/c1-6-8-10-12-14-16-18-20-22-24-26-28-30-32-34-35-36-37-38-39-40-41-42-43-45-46-48-50-52-54-56-58-60-62-64-66-68-70-77(80)84-74-76(75-86-88(82,83)85-73-72-79(3,4)5)87-78(81)71-69-67-65-63-61-59-57-55-53-51-49-47-44-33-31-29-27-25-23-21-19-17-15-13-11-9-7-2/h9,11,15,17-18,20-21,23-24,26-27,29-30,32-33,44,49,51,55,57,61,63,76H,6-8,10,12-14,16,19,22,25,28,31,34-43,45-48,50,52-54,56,58-60,62,64-75H2,1-5H3/b11-9-,17-15-,20-18-,23-21-,26-24-,29-27-,32-30-,44-33-,51-49-,57-55-,63-61-. The van der Waals surface area contributed by atoms with Crippen molar-refractivity contribution in [2.75, 3.05) is 47.5 Å². The summed E-state index contributed by atoms with van der Waals surface area (Å²) in [6, 6.07) is 0. The molecule has 0 N–H and O–H groups in total. The zero-order valence-electron chi connectivity index (χ0n) is 57.4. The van der Waals surface area contributed by atoms with Crippen LogP contribution in [0.25, 0.3) is 0 Å². The van der Waals surface area contributed by atoms with E-state index in [0.29, 0.717) is 17.4 Å². The molecule has 0 rings (SSSR count). The normalized spacial score (nSPS) is 13.9. The summed E-state index contributed by atoms with van der Waals surface area (Å²) >= 11 is 0. The topological polar surface area (TPSA) is 111 Å². The molecule has 0 saturated carbocycles. The Morgan fingerprint density at radius 3 is 0.989 bits per heavy atom. The molecule has 0 aromatic carbocycles. The maximum absolute atomic E-state index is 12.8. The van der Waals surface area contributed by atoms with Crippen LogP contribution in [0, 0.1) is 0 Å². The minimum atomic E-state index is -4.66. The lowest BCUT2D eigenvalue weighted by Gasteiger charge is -2.28. The Hall–Kier alpha value is -3.85. The van der Waals surface area contributed by atoms with E-state index in [0.717, 1.165) is 96.3 Å². The summed E-state index contributed by atoms with van der Waals surface area (Å²) in [5.74, 6) is -0.884. The van der Waals surface area contributed by atoms with E-state index in [4.69, 9.17) is 18.5 Å². The SMILES string of the molecule is CC/C=C\C/C=C\C/C=C\C/C=C\C/C=C\C/C=C\C/C=C\C/C=C\CCCCC(=O)OC(COC(=O)CCCCCCCCCCCCCCCCCCCCCCCC/C=C\C/C=C\C/C=C\CCCCCCC)COP(=O)([O-])OCC[N+](C)(C)C. The lowest BCUT2D eigenvalue weighted by molar-refractivity contribution is -0.870. The highest BCUT2D eigenvalue weighted by atomic mass is 31.2. The van der Waals surface area contributed by atoms with Crippen LogP contribution in [-0.4, -0.2) is 70.0 Å². The molecule has 0 aliphatic heterocycles. The Morgan fingerprint density at radius 1 is 0.364 bits per heavy atom. The highest BCUT2D eigenvalue weighted by Gasteiger charge is 2.22. The van der Waals surface area contributed by atoms with E-state index < -0.39 is 32.5 Å². The molecule has 9 nitrogen and oxygen atoms in total. The summed E-state index contributed by atoms with van der Waals surface area (Å²) in [5, 5.41) is 0. The largest absolute Gasteiger partial charge is 0.756 e. The lowest BCUT2D eigenvalue weighted by Crippen LogP contribution is -2.37. The number of hydrogen-bond donors (Lipinski definition) is 0. The van der Waals surface area contributed by atoms with Gasteiger partial charge in [0.15, 0.2) is 6.10 Å². The molecule has 0 bridgehead atoms. The van der Waals surface area contributed by atoms with Crippen LogP contribution in [0.3, 0.4) is 0 Å². The van der Waals surface area contributed by atoms with E-state index in [1.54, 1.807) is 0 Å². The summed E-state index contributed by atoms with van der Waals surface area (Å²) in [4.78, 5) is 38.0. The second-order valence-electron chi connectivity index (χ2n) is 24.9. The molecule has 2 atom stereocenters. The molecule has 0 aliphatic carbocycles. The number of quaternary nitrogens is 1. The molecule has 0 aromatic rings. The third-order valence-electron chi connectivity index (χ3n) is 15.2. The van der Waals surface area contributed by atoms with E-state index in [-0.39, 0.29) is 26.1 Å². The first-order chi connectivity index (χ1) is 43.0. The van der Waals surface area contributed by atoms with E-state index in [1.165, 1.54) is 167 Å². The number of hydrogen-bond acceptors (Lipinski definition) is 8. The van der Waals surface area contributed by atoms with E-state index in [2.05, 4.69) is 148 Å². The van der Waals surface area contributed by atoms with Gasteiger partial charge in [-0.15, -0.1) is 0 Å². The van der Waals surface area contributed by atoms with Gasteiger partial charge in [0.2, 0.25) is 0 Å². The molecule has 0 saturated heterocycles. The predicted octanol–water partition coefficient (Wildman–Crippen LogP) is 23.0. The highest BCUT2D eigenvalue weighted by molar-refractivity contribution is 7.45. The van der Waals surface area contributed by atoms with Gasteiger partial charge in [0, 0.05) is 12.8 Å². The molecule has 0 spiro atoms. The number of esters is 2. The van der Waals surface area contributed by atoms with Crippen LogP contribution < -0.4 is 4.89 Å². The number of phosphoric ester groups is 1. The maximum atomic E-state index is 12.8. The number of rotatable bonds is 65. The highest BCUT2D eigenvalue weighted by Crippen LogP contribution is 2.38. The van der Waals surface area contributed by atoms with Crippen molar-refractivity contribution in [3.05, 3.63) is 134 Å². The Labute approximate surface area is 542 Å². The molecule has 0 aliphatic rings. The van der Waals surface area contributed by atoms with Crippen LogP contribution in [0.5, 0.6) is 0 Å². The average molecular weight is 1240 g/mol. The van der Waals surface area contributed by atoms with Gasteiger partial charge in [-0.3, -0.25) is 14.2 Å². The van der Waals surface area contributed by atoms with Gasteiger partial charge in [-0.25, -0.2) is 0 Å². The number of allylic oxidation sites excluding steroid dienone is 22. The van der Waals surface area contributed by atoms with Gasteiger partial charge in [-0.2, -0.15) is 0 Å². The Balaban J connectivity index is 4.07. The molecular weight excluding hydrogens is 1110 g/mol. The fourth-order valence-electron chi connectivity index (χ4n) is 9.68. The second kappa shape index (κ2) is 67.5. The maximum Gasteiger partial charge on any atom is 0.306 e. The summed E-state index contributed by atoms with van der Waals surface area (Å²) < 4.78 is 34.2. The molecular formula is C78H134NO8P. The van der Waals surface area contributed by atoms with Crippen LogP contribution in [0.15, 0.2) is 134 Å². The van der Waals surface area contributed by atoms with Crippen LogP contribution >= 0.6 is 7.82 Å². The third kappa shape index (κ3) is 71.2. The van der Waals surface area contributed by atoms with Crippen molar-refractivity contribution in [3.8, 4) is 0 Å². The Kier molecular flexibility index (Phi) is 64.6. The van der Waals surface area contributed by atoms with Crippen molar-refractivity contribution in [3.63, 3.8) is 0 Å². The number of carbonyl (C=O) groups is 2. The van der Waals surface area contributed by atoms with Crippen LogP contribution in [0.4, 0.5) is 0 Å². The zero-order valence-corrected chi connectivity index (χ0v) is 58.3. The van der Waals surface area contributed by atoms with Crippen molar-refractivity contribution in [1.29, 1.82) is 0 Å². The van der Waals surface area contributed by atoms with Crippen LogP contribution in [-0.2, 0) is 32.7 Å². The van der Waals surface area contributed by atoms with E-state index >= 15 is 0 Å². The van der Waals surface area contributed by atoms with Crippen molar-refractivity contribution < 1.29 is 42.1 Å². The first-order valence-electron chi connectivity index (χ1n) is 35.9. The number of unbranched alkanes of at least 4 members (excludes halogenated alkanes) is 29. The van der Waals surface area contributed by atoms with Gasteiger partial charge in [-0.1, -0.05) is 302 Å². The van der Waals surface area contributed by atoms with Gasteiger partial charge in [0.25, 0.3) is 7.82 Å². The molecule has 0 radical (unpaired) electrons. The van der Waals surface area contributed by atoms with Crippen molar-refractivity contribution >= 4 is 19.8 Å². The van der Waals surface area contributed by atoms with Crippen molar-refractivity contribution in [2.45, 2.75) is 302 Å². The quantitative estimate of drug-likeness (QED) is 0.0195. The molecule has 88 heavy (non-hydrogen) atoms. The second-order valence-corrected chi connectivity index (χ2v) is 26.3.